The second-order valence-corrected chi connectivity index (χ2v) is 8.06. The van der Waals surface area contributed by atoms with Gasteiger partial charge in [-0.05, 0) is 48.5 Å². The molecule has 0 aliphatic rings. The van der Waals surface area contributed by atoms with E-state index in [1.54, 1.807) is 37.8 Å². The number of benzene rings is 2. The highest BCUT2D eigenvalue weighted by Crippen LogP contribution is 2.27. The van der Waals surface area contributed by atoms with Gasteiger partial charge in [0.2, 0.25) is 16.0 Å². The Hall–Kier alpha value is -4.00. The fourth-order valence-electron chi connectivity index (χ4n) is 2.84. The maximum absolute atomic E-state index is 11.4. The van der Waals surface area contributed by atoms with Crippen LogP contribution < -0.4 is 15.2 Å². The predicted molar refractivity (Wildman–Crippen MR) is 117 cm³/mol. The quantitative estimate of drug-likeness (QED) is 0.477. The van der Waals surface area contributed by atoms with E-state index in [0.29, 0.717) is 22.9 Å². The first-order chi connectivity index (χ1) is 14.9. The molecule has 0 bridgehead atoms. The number of nitrogens with zero attached hydrogens (tertiary/aromatic N) is 3. The molecule has 4 rings (SSSR count). The molecule has 0 radical (unpaired) electrons. The largest absolute Gasteiger partial charge is 0.494 e. The van der Waals surface area contributed by atoms with Crippen LogP contribution in [0.15, 0.2) is 72.0 Å². The van der Waals surface area contributed by atoms with Crippen molar-refractivity contribution in [3.05, 3.63) is 78.2 Å². The number of ether oxygens (including phenoxy) is 1. The van der Waals surface area contributed by atoms with E-state index in [1.807, 2.05) is 24.3 Å². The number of hydrogen-bond acceptors (Lipinski definition) is 7. The number of aromatic nitrogens is 3. The number of fused-ring (bicyclic) bond motifs is 1. The Morgan fingerprint density at radius 2 is 1.81 bits per heavy atom. The normalized spacial score (nSPS) is 10.9. The first-order valence-corrected chi connectivity index (χ1v) is 10.6. The summed E-state index contributed by atoms with van der Waals surface area (Å²) in [7, 11) is -2.18. The van der Waals surface area contributed by atoms with Gasteiger partial charge in [0.05, 0.1) is 12.0 Å². The number of rotatable bonds is 4. The maximum atomic E-state index is 11.4. The average Bonchev–Trinajstić information content (AvgIpc) is 2.77. The molecule has 0 saturated carbocycles. The summed E-state index contributed by atoms with van der Waals surface area (Å²) in [6.07, 6.45) is 5.06. The molecule has 0 unspecified atom stereocenters. The zero-order chi connectivity index (χ0) is 21.8. The Kier molecular flexibility index (Phi) is 5.49. The van der Waals surface area contributed by atoms with Crippen LogP contribution >= 0.6 is 0 Å². The Bertz CT molecular complexity index is 1410. The number of nitrogens with two attached hydrogens (primary N) is 1. The van der Waals surface area contributed by atoms with Crippen LogP contribution in [-0.4, -0.2) is 30.5 Å². The van der Waals surface area contributed by atoms with Gasteiger partial charge in [0.1, 0.15) is 11.3 Å². The number of nitrogens with one attached hydrogen (secondary N) is 1. The molecule has 2 heterocycles. The molecule has 0 spiro atoms. The van der Waals surface area contributed by atoms with Gasteiger partial charge in [0.25, 0.3) is 0 Å². The smallest absolute Gasteiger partial charge is 0.238 e. The van der Waals surface area contributed by atoms with Crippen molar-refractivity contribution >= 4 is 32.6 Å². The first-order valence-electron chi connectivity index (χ1n) is 9.09. The number of pyridine rings is 1. The van der Waals surface area contributed by atoms with Gasteiger partial charge in [-0.25, -0.2) is 23.5 Å². The minimum absolute atomic E-state index is 0.0269. The van der Waals surface area contributed by atoms with Gasteiger partial charge in [-0.2, -0.15) is 0 Å². The fourth-order valence-corrected chi connectivity index (χ4v) is 3.35. The minimum atomic E-state index is -3.75. The van der Waals surface area contributed by atoms with Crippen molar-refractivity contribution in [2.45, 2.75) is 4.90 Å². The van der Waals surface area contributed by atoms with Crippen LogP contribution in [0.4, 0.5) is 11.6 Å². The maximum Gasteiger partial charge on any atom is 0.238 e. The summed E-state index contributed by atoms with van der Waals surface area (Å²) in [4.78, 5) is 12.9. The SMILES string of the molecule is COc1cc(C#Cc2cccnc2)cc2cnc(Nc3ccc(S(N)(=O)=O)cc3)nc12. The van der Waals surface area contributed by atoms with Crippen molar-refractivity contribution < 1.29 is 13.2 Å². The fraction of sp³-hybridized carbons (Fsp3) is 0.0455. The lowest BCUT2D eigenvalue weighted by Crippen LogP contribution is -2.11. The Labute approximate surface area is 179 Å². The van der Waals surface area contributed by atoms with Gasteiger partial charge in [-0.15, -0.1) is 0 Å². The number of primary sulfonamides is 1. The second kappa shape index (κ2) is 8.39. The molecular formula is C22H17N5O3S. The molecule has 4 aromatic rings. The third kappa shape index (κ3) is 4.78. The average molecular weight is 431 g/mol. The third-order valence-corrected chi connectivity index (χ3v) is 5.25. The number of sulfonamides is 1. The lowest BCUT2D eigenvalue weighted by atomic mass is 10.1. The summed E-state index contributed by atoms with van der Waals surface area (Å²) < 4.78 is 28.3. The number of methoxy groups -OCH3 is 1. The standard InChI is InChI=1S/C22H17N5O3S/c1-30-20-12-16(5-4-15-3-2-10-24-13-15)11-17-14-25-22(27-21(17)20)26-18-6-8-19(9-7-18)31(23,28)29/h2-3,6-14H,1H3,(H2,23,28,29)(H,25,26,27). The molecule has 0 saturated heterocycles. The van der Waals surface area contributed by atoms with Gasteiger partial charge in [0.15, 0.2) is 0 Å². The van der Waals surface area contributed by atoms with Gasteiger partial charge in [-0.1, -0.05) is 11.8 Å². The zero-order valence-corrected chi connectivity index (χ0v) is 17.2. The van der Waals surface area contributed by atoms with E-state index in [2.05, 4.69) is 32.1 Å². The van der Waals surface area contributed by atoms with Gasteiger partial charge in [0, 0.05) is 40.8 Å². The molecule has 9 heteroatoms. The van der Waals surface area contributed by atoms with Crippen LogP contribution in [0.5, 0.6) is 5.75 Å². The Balaban J connectivity index is 1.64. The summed E-state index contributed by atoms with van der Waals surface area (Å²) in [5.41, 5.74) is 2.81. The second-order valence-electron chi connectivity index (χ2n) is 6.50. The van der Waals surface area contributed by atoms with Gasteiger partial charge < -0.3 is 10.1 Å². The predicted octanol–water partition coefficient (Wildman–Crippen LogP) is 2.82. The topological polar surface area (TPSA) is 120 Å². The molecule has 2 aromatic carbocycles. The Morgan fingerprint density at radius 3 is 2.48 bits per heavy atom. The molecule has 0 aliphatic heterocycles. The highest BCUT2D eigenvalue weighted by atomic mass is 32.2. The monoisotopic (exact) mass is 431 g/mol. The summed E-state index contributed by atoms with van der Waals surface area (Å²) >= 11 is 0. The molecule has 0 amide bonds. The van der Waals surface area contributed by atoms with Crippen LogP contribution in [-0.2, 0) is 10.0 Å². The van der Waals surface area contributed by atoms with Crippen LogP contribution in [0.25, 0.3) is 10.9 Å². The van der Waals surface area contributed by atoms with E-state index in [-0.39, 0.29) is 4.90 Å². The van der Waals surface area contributed by atoms with E-state index >= 15 is 0 Å². The van der Waals surface area contributed by atoms with Crippen LogP contribution in [0.2, 0.25) is 0 Å². The molecule has 0 fully saturated rings. The molecule has 31 heavy (non-hydrogen) atoms. The molecule has 0 aliphatic carbocycles. The highest BCUT2D eigenvalue weighted by Gasteiger charge is 2.10. The van der Waals surface area contributed by atoms with Crippen molar-refractivity contribution in [3.8, 4) is 17.6 Å². The van der Waals surface area contributed by atoms with Crippen molar-refractivity contribution in [1.29, 1.82) is 0 Å². The van der Waals surface area contributed by atoms with E-state index < -0.39 is 10.0 Å². The van der Waals surface area contributed by atoms with Crippen LogP contribution in [0.3, 0.4) is 0 Å². The van der Waals surface area contributed by atoms with Gasteiger partial charge >= 0.3 is 0 Å². The summed E-state index contributed by atoms with van der Waals surface area (Å²) in [5.74, 6) is 7.06. The lowest BCUT2D eigenvalue weighted by Gasteiger charge is -2.09. The molecular weight excluding hydrogens is 414 g/mol. The Morgan fingerprint density at radius 1 is 1.03 bits per heavy atom. The van der Waals surface area contributed by atoms with Gasteiger partial charge in [-0.3, -0.25) is 4.98 Å². The lowest BCUT2D eigenvalue weighted by molar-refractivity contribution is 0.419. The van der Waals surface area contributed by atoms with Crippen LogP contribution in [0, 0.1) is 11.8 Å². The highest BCUT2D eigenvalue weighted by molar-refractivity contribution is 7.89. The molecule has 154 valence electrons. The molecule has 0 atom stereocenters. The van der Waals surface area contributed by atoms with E-state index in [0.717, 1.165) is 16.5 Å². The van der Waals surface area contributed by atoms with Crippen molar-refractivity contribution in [1.82, 2.24) is 15.0 Å². The minimum Gasteiger partial charge on any atom is -0.494 e. The third-order valence-electron chi connectivity index (χ3n) is 4.32. The zero-order valence-electron chi connectivity index (χ0n) is 16.4. The molecule has 8 nitrogen and oxygen atoms in total. The van der Waals surface area contributed by atoms with Crippen molar-refractivity contribution in [2.75, 3.05) is 12.4 Å². The van der Waals surface area contributed by atoms with E-state index in [9.17, 15) is 8.42 Å². The van der Waals surface area contributed by atoms with Crippen molar-refractivity contribution in [3.63, 3.8) is 0 Å². The van der Waals surface area contributed by atoms with E-state index in [4.69, 9.17) is 9.88 Å². The van der Waals surface area contributed by atoms with Crippen LogP contribution in [0.1, 0.15) is 11.1 Å². The number of hydrogen-bond donors (Lipinski definition) is 2. The first kappa shape index (κ1) is 20.3. The number of anilines is 2. The summed E-state index contributed by atoms with van der Waals surface area (Å²) in [6, 6.07) is 13.4. The molecule has 2 aromatic heterocycles. The summed E-state index contributed by atoms with van der Waals surface area (Å²) in [5, 5.41) is 8.93. The molecule has 3 N–H and O–H groups in total. The van der Waals surface area contributed by atoms with Crippen molar-refractivity contribution in [2.24, 2.45) is 5.14 Å². The van der Waals surface area contributed by atoms with E-state index in [1.165, 1.54) is 12.1 Å². The summed E-state index contributed by atoms with van der Waals surface area (Å²) in [6.45, 7) is 0.